The molecule has 0 fully saturated rings. The summed E-state index contributed by atoms with van der Waals surface area (Å²) in [6.45, 7) is 0. The molecule has 2 aromatic rings. The molecule has 86 valence electrons. The van der Waals surface area contributed by atoms with Crippen LogP contribution in [0.15, 0.2) is 42.7 Å². The molecule has 0 saturated heterocycles. The molecule has 0 aliphatic heterocycles. The lowest BCUT2D eigenvalue weighted by Gasteiger charge is -2.00. The Hall–Kier alpha value is -1.46. The summed E-state index contributed by atoms with van der Waals surface area (Å²) in [4.78, 5) is 18.8. The number of aromatic nitrogens is 2. The van der Waals surface area contributed by atoms with Crippen molar-refractivity contribution in [3.8, 4) is 0 Å². The van der Waals surface area contributed by atoms with Crippen LogP contribution in [0.2, 0.25) is 0 Å². The quantitative estimate of drug-likeness (QED) is 0.680. The molecule has 0 saturated carbocycles. The molecule has 1 N–H and O–H groups in total. The van der Waals surface area contributed by atoms with Gasteiger partial charge in [0.1, 0.15) is 4.20 Å². The van der Waals surface area contributed by atoms with Crippen LogP contribution in [0.1, 0.15) is 16.2 Å². The maximum Gasteiger partial charge on any atom is 0.173 e. The lowest BCUT2D eigenvalue weighted by Crippen LogP contribution is -2.05. The summed E-state index contributed by atoms with van der Waals surface area (Å²) in [6, 6.07) is 9.20. The van der Waals surface area contributed by atoms with Gasteiger partial charge in [0, 0.05) is 18.0 Å². The number of benzene rings is 1. The highest BCUT2D eigenvalue weighted by Gasteiger charge is 2.09. The second-order valence-corrected chi connectivity index (χ2v) is 4.96. The lowest BCUT2D eigenvalue weighted by molar-refractivity contribution is 0.102. The third-order valence-electron chi connectivity index (χ3n) is 2.12. The predicted octanol–water partition coefficient (Wildman–Crippen LogP) is 2.70. The first-order valence-corrected chi connectivity index (χ1v) is 6.41. The average molecular weight is 262 g/mol. The van der Waals surface area contributed by atoms with Crippen molar-refractivity contribution in [2.75, 3.05) is 5.75 Å². The Morgan fingerprint density at radius 2 is 2.12 bits per heavy atom. The van der Waals surface area contributed by atoms with Gasteiger partial charge in [-0.3, -0.25) is 4.79 Å². The zero-order valence-electron chi connectivity index (χ0n) is 8.92. The SMILES string of the molecule is O=C(CSC(=S)c1ncc[nH]1)c1ccccc1. The van der Waals surface area contributed by atoms with Crippen molar-refractivity contribution in [3.05, 3.63) is 54.1 Å². The fourth-order valence-electron chi connectivity index (χ4n) is 1.28. The first-order valence-electron chi connectivity index (χ1n) is 5.02. The van der Waals surface area contributed by atoms with Gasteiger partial charge >= 0.3 is 0 Å². The summed E-state index contributed by atoms with van der Waals surface area (Å²) >= 11 is 6.48. The molecular weight excluding hydrogens is 252 g/mol. The van der Waals surface area contributed by atoms with E-state index in [9.17, 15) is 4.79 Å². The zero-order valence-corrected chi connectivity index (χ0v) is 10.6. The highest BCUT2D eigenvalue weighted by Crippen LogP contribution is 2.13. The van der Waals surface area contributed by atoms with Crippen molar-refractivity contribution in [3.63, 3.8) is 0 Å². The second-order valence-electron chi connectivity index (χ2n) is 3.30. The van der Waals surface area contributed by atoms with E-state index in [4.69, 9.17) is 12.2 Å². The molecule has 2 rings (SSSR count). The Labute approximate surface area is 109 Å². The number of hydrogen-bond acceptors (Lipinski definition) is 4. The number of H-pyrrole nitrogens is 1. The number of imidazole rings is 1. The number of nitrogens with one attached hydrogen (secondary N) is 1. The zero-order chi connectivity index (χ0) is 12.1. The Morgan fingerprint density at radius 3 is 2.76 bits per heavy atom. The molecule has 0 atom stereocenters. The van der Waals surface area contributed by atoms with E-state index in [0.29, 0.717) is 21.3 Å². The standard InChI is InChI=1S/C12H10N2OS2/c15-10(9-4-2-1-3-5-9)8-17-12(16)11-13-6-7-14-11/h1-7H,8H2,(H,13,14). The summed E-state index contributed by atoms with van der Waals surface area (Å²) in [7, 11) is 0. The number of rotatable bonds is 4. The summed E-state index contributed by atoms with van der Waals surface area (Å²) in [5.74, 6) is 1.05. The molecule has 0 unspecified atom stereocenters. The molecule has 0 aliphatic rings. The van der Waals surface area contributed by atoms with Crippen LogP contribution in [0.4, 0.5) is 0 Å². The maximum atomic E-state index is 11.8. The summed E-state index contributed by atoms with van der Waals surface area (Å²) in [5.41, 5.74) is 0.710. The normalized spacial score (nSPS) is 10.1. The predicted molar refractivity (Wildman–Crippen MR) is 73.5 cm³/mol. The van der Waals surface area contributed by atoms with E-state index in [1.54, 1.807) is 24.5 Å². The van der Waals surface area contributed by atoms with Crippen molar-refractivity contribution >= 4 is 34.0 Å². The van der Waals surface area contributed by atoms with E-state index in [0.717, 1.165) is 0 Å². The molecule has 0 spiro atoms. The molecule has 1 aromatic carbocycles. The van der Waals surface area contributed by atoms with Crippen molar-refractivity contribution in [2.24, 2.45) is 0 Å². The van der Waals surface area contributed by atoms with Gasteiger partial charge in [-0.15, -0.1) is 11.8 Å². The number of Topliss-reactive ketones (excluding diaryl/α,β-unsaturated/α-hetero) is 1. The fraction of sp³-hybridized carbons (Fsp3) is 0.0833. The van der Waals surface area contributed by atoms with Crippen molar-refractivity contribution in [1.29, 1.82) is 0 Å². The molecule has 1 aromatic heterocycles. The number of aromatic amines is 1. The van der Waals surface area contributed by atoms with Gasteiger partial charge in [0.2, 0.25) is 0 Å². The molecule has 1 heterocycles. The molecule has 0 aliphatic carbocycles. The fourth-order valence-corrected chi connectivity index (χ4v) is 2.25. The highest BCUT2D eigenvalue weighted by molar-refractivity contribution is 8.24. The topological polar surface area (TPSA) is 45.8 Å². The van der Waals surface area contributed by atoms with Crippen molar-refractivity contribution in [1.82, 2.24) is 9.97 Å². The van der Waals surface area contributed by atoms with E-state index < -0.39 is 0 Å². The maximum absolute atomic E-state index is 11.8. The Bertz CT molecular complexity index is 509. The van der Waals surface area contributed by atoms with E-state index >= 15 is 0 Å². The number of ketones is 1. The van der Waals surface area contributed by atoms with Crippen LogP contribution in [0.25, 0.3) is 0 Å². The number of thiocarbonyl (C=S) groups is 1. The van der Waals surface area contributed by atoms with Crippen LogP contribution >= 0.6 is 24.0 Å². The molecular formula is C12H10N2OS2. The van der Waals surface area contributed by atoms with Crippen LogP contribution in [-0.2, 0) is 0 Å². The number of hydrogen-bond donors (Lipinski definition) is 1. The number of nitrogens with zero attached hydrogens (tertiary/aromatic N) is 1. The van der Waals surface area contributed by atoms with Crippen LogP contribution in [-0.4, -0.2) is 25.7 Å². The van der Waals surface area contributed by atoms with Gasteiger partial charge in [-0.1, -0.05) is 42.5 Å². The number of carbonyl (C=O) groups excluding carboxylic acids is 1. The first kappa shape index (κ1) is 12.0. The van der Waals surface area contributed by atoms with Gasteiger partial charge in [0.05, 0.1) is 5.75 Å². The summed E-state index contributed by atoms with van der Waals surface area (Å²) < 4.78 is 0.610. The largest absolute Gasteiger partial charge is 0.343 e. The van der Waals surface area contributed by atoms with Gasteiger partial charge in [-0.25, -0.2) is 4.98 Å². The lowest BCUT2D eigenvalue weighted by atomic mass is 10.2. The summed E-state index contributed by atoms with van der Waals surface area (Å²) in [6.07, 6.45) is 3.35. The average Bonchev–Trinajstić information content (AvgIpc) is 2.90. The van der Waals surface area contributed by atoms with E-state index in [1.165, 1.54) is 11.8 Å². The molecule has 0 amide bonds. The minimum Gasteiger partial charge on any atom is -0.343 e. The Balaban J connectivity index is 1.91. The van der Waals surface area contributed by atoms with Crippen LogP contribution in [0.3, 0.4) is 0 Å². The van der Waals surface area contributed by atoms with Gasteiger partial charge in [0.15, 0.2) is 11.6 Å². The van der Waals surface area contributed by atoms with Crippen molar-refractivity contribution in [2.45, 2.75) is 0 Å². The van der Waals surface area contributed by atoms with Crippen LogP contribution in [0, 0.1) is 0 Å². The van der Waals surface area contributed by atoms with E-state index in [2.05, 4.69) is 9.97 Å². The smallest absolute Gasteiger partial charge is 0.173 e. The minimum absolute atomic E-state index is 0.0736. The third-order valence-corrected chi connectivity index (χ3v) is 3.53. The molecule has 3 nitrogen and oxygen atoms in total. The minimum atomic E-state index is 0.0736. The molecule has 5 heteroatoms. The van der Waals surface area contributed by atoms with Crippen LogP contribution < -0.4 is 0 Å². The monoisotopic (exact) mass is 262 g/mol. The highest BCUT2D eigenvalue weighted by atomic mass is 32.2. The molecule has 17 heavy (non-hydrogen) atoms. The van der Waals surface area contributed by atoms with Crippen LogP contribution in [0.5, 0.6) is 0 Å². The third kappa shape index (κ3) is 3.25. The molecule has 0 radical (unpaired) electrons. The summed E-state index contributed by atoms with van der Waals surface area (Å²) in [5, 5.41) is 0. The van der Waals surface area contributed by atoms with Gasteiger partial charge < -0.3 is 4.98 Å². The van der Waals surface area contributed by atoms with E-state index in [1.807, 2.05) is 18.2 Å². The number of carbonyl (C=O) groups is 1. The Morgan fingerprint density at radius 1 is 1.35 bits per heavy atom. The van der Waals surface area contributed by atoms with E-state index in [-0.39, 0.29) is 5.78 Å². The first-order chi connectivity index (χ1) is 8.27. The Kier molecular flexibility index (Phi) is 4.06. The van der Waals surface area contributed by atoms with Gasteiger partial charge in [-0.2, -0.15) is 0 Å². The van der Waals surface area contributed by atoms with Gasteiger partial charge in [0.25, 0.3) is 0 Å². The van der Waals surface area contributed by atoms with Crippen molar-refractivity contribution < 1.29 is 4.79 Å². The van der Waals surface area contributed by atoms with Gasteiger partial charge in [-0.05, 0) is 0 Å². The second kappa shape index (κ2) is 5.75. The number of thioether (sulfide) groups is 1. The molecule has 0 bridgehead atoms.